The van der Waals surface area contributed by atoms with Gasteiger partial charge in [-0.1, -0.05) is 85.0 Å². The predicted molar refractivity (Wildman–Crippen MR) is 121 cm³/mol. The first kappa shape index (κ1) is 23.2. The molecule has 2 aliphatic heterocycles. The van der Waals surface area contributed by atoms with Crippen LogP contribution in [-0.2, 0) is 0 Å². The molecule has 2 saturated heterocycles. The molecule has 27 heavy (non-hydrogen) atoms. The van der Waals surface area contributed by atoms with Crippen molar-refractivity contribution < 1.29 is 0 Å². The maximum absolute atomic E-state index is 2.95. The Kier molecular flexibility index (Phi) is 11.3. The minimum atomic E-state index is 0.805. The van der Waals surface area contributed by atoms with E-state index < -0.39 is 0 Å². The van der Waals surface area contributed by atoms with E-state index in [0.717, 1.165) is 24.2 Å². The Morgan fingerprint density at radius 3 is 1.70 bits per heavy atom. The summed E-state index contributed by atoms with van der Waals surface area (Å²) in [5.74, 6) is 0. The third-order valence-electron chi connectivity index (χ3n) is 7.35. The second-order valence-corrected chi connectivity index (χ2v) is 9.63. The van der Waals surface area contributed by atoms with E-state index in [-0.39, 0.29) is 0 Å². The van der Waals surface area contributed by atoms with E-state index in [2.05, 4.69) is 37.5 Å². The van der Waals surface area contributed by atoms with Crippen molar-refractivity contribution in [1.82, 2.24) is 9.80 Å². The van der Waals surface area contributed by atoms with Crippen LogP contribution in [0.15, 0.2) is 0 Å². The Morgan fingerprint density at radius 2 is 1.15 bits per heavy atom. The molecule has 160 valence electrons. The Labute approximate surface area is 171 Å². The summed E-state index contributed by atoms with van der Waals surface area (Å²) in [7, 11) is 0. The number of hydrogen-bond donors (Lipinski definition) is 0. The number of piperazine rings is 1. The van der Waals surface area contributed by atoms with E-state index in [0.29, 0.717) is 0 Å². The van der Waals surface area contributed by atoms with E-state index in [1.54, 1.807) is 0 Å². The molecule has 0 N–H and O–H groups in total. The predicted octanol–water partition coefficient (Wildman–Crippen LogP) is 7.02. The molecule has 2 aliphatic rings. The second kappa shape index (κ2) is 13.2. The van der Waals surface area contributed by atoms with Gasteiger partial charge in [-0.3, -0.25) is 9.80 Å². The lowest BCUT2D eigenvalue weighted by atomic mass is 9.97. The van der Waals surface area contributed by atoms with Gasteiger partial charge in [0.1, 0.15) is 0 Å². The lowest BCUT2D eigenvalue weighted by Gasteiger charge is -2.47. The lowest BCUT2D eigenvalue weighted by Crippen LogP contribution is -2.58. The van der Waals surface area contributed by atoms with Gasteiger partial charge in [0.15, 0.2) is 0 Å². The van der Waals surface area contributed by atoms with Crippen LogP contribution in [0.4, 0.5) is 0 Å². The summed E-state index contributed by atoms with van der Waals surface area (Å²) in [5.41, 5.74) is 0. The third kappa shape index (κ3) is 7.35. The SMILES string of the molecule is CCCCCCC(CCCCC)N1CC2CCC(C1)N2C(C)CCCCC. The minimum absolute atomic E-state index is 0.805. The van der Waals surface area contributed by atoms with Gasteiger partial charge in [0.05, 0.1) is 0 Å². The zero-order chi connectivity index (χ0) is 19.5. The summed E-state index contributed by atoms with van der Waals surface area (Å²) in [6.07, 6.45) is 21.3. The molecule has 0 aromatic rings. The van der Waals surface area contributed by atoms with Crippen LogP contribution in [0, 0.1) is 0 Å². The van der Waals surface area contributed by atoms with Crippen molar-refractivity contribution in [2.24, 2.45) is 0 Å². The topological polar surface area (TPSA) is 6.48 Å². The van der Waals surface area contributed by atoms with Crippen molar-refractivity contribution in [1.29, 1.82) is 0 Å². The molecule has 2 nitrogen and oxygen atoms in total. The van der Waals surface area contributed by atoms with Crippen LogP contribution in [0.2, 0.25) is 0 Å². The van der Waals surface area contributed by atoms with E-state index >= 15 is 0 Å². The number of nitrogens with zero attached hydrogens (tertiary/aromatic N) is 2. The van der Waals surface area contributed by atoms with E-state index in [4.69, 9.17) is 0 Å². The zero-order valence-corrected chi connectivity index (χ0v) is 19.2. The molecular formula is C25H50N2. The molecular weight excluding hydrogens is 328 g/mol. The molecule has 2 bridgehead atoms. The van der Waals surface area contributed by atoms with E-state index in [9.17, 15) is 0 Å². The maximum atomic E-state index is 2.95. The number of hydrogen-bond acceptors (Lipinski definition) is 2. The fraction of sp³-hybridized carbons (Fsp3) is 1.00. The molecule has 0 radical (unpaired) electrons. The molecule has 0 amide bonds. The van der Waals surface area contributed by atoms with Crippen LogP contribution in [0.3, 0.4) is 0 Å². The smallest absolute Gasteiger partial charge is 0.0230 e. The molecule has 0 aromatic carbocycles. The second-order valence-electron chi connectivity index (χ2n) is 9.63. The largest absolute Gasteiger partial charge is 0.297 e. The van der Waals surface area contributed by atoms with Gasteiger partial charge < -0.3 is 0 Å². The first-order valence-corrected chi connectivity index (χ1v) is 12.7. The molecule has 0 aromatic heterocycles. The highest BCUT2D eigenvalue weighted by atomic mass is 15.3. The molecule has 4 atom stereocenters. The highest BCUT2D eigenvalue weighted by molar-refractivity contribution is 4.99. The molecule has 2 heterocycles. The van der Waals surface area contributed by atoms with Gasteiger partial charge >= 0.3 is 0 Å². The average molecular weight is 379 g/mol. The number of fused-ring (bicyclic) bond motifs is 2. The van der Waals surface area contributed by atoms with Gasteiger partial charge in [0, 0.05) is 37.3 Å². The van der Waals surface area contributed by atoms with Crippen molar-refractivity contribution in [2.75, 3.05) is 13.1 Å². The first-order valence-electron chi connectivity index (χ1n) is 12.7. The lowest BCUT2D eigenvalue weighted by molar-refractivity contribution is 0.00991. The molecule has 0 aliphatic carbocycles. The first-order chi connectivity index (χ1) is 13.2. The quantitative estimate of drug-likeness (QED) is 0.282. The summed E-state index contributed by atoms with van der Waals surface area (Å²) in [6.45, 7) is 12.2. The van der Waals surface area contributed by atoms with Crippen molar-refractivity contribution in [2.45, 2.75) is 148 Å². The van der Waals surface area contributed by atoms with Crippen LogP contribution in [0.25, 0.3) is 0 Å². The van der Waals surface area contributed by atoms with Crippen LogP contribution in [-0.4, -0.2) is 47.1 Å². The normalized spacial score (nSPS) is 25.8. The zero-order valence-electron chi connectivity index (χ0n) is 19.2. The van der Waals surface area contributed by atoms with Crippen molar-refractivity contribution >= 4 is 0 Å². The Balaban J connectivity index is 1.87. The summed E-state index contributed by atoms with van der Waals surface area (Å²) in [4.78, 5) is 5.89. The van der Waals surface area contributed by atoms with Crippen LogP contribution in [0.1, 0.15) is 124 Å². The molecule has 2 rings (SSSR count). The summed E-state index contributed by atoms with van der Waals surface area (Å²) >= 11 is 0. The van der Waals surface area contributed by atoms with E-state index in [1.807, 2.05) is 0 Å². The van der Waals surface area contributed by atoms with Gasteiger partial charge in [-0.25, -0.2) is 0 Å². The Bertz CT molecular complexity index is 355. The number of unbranched alkanes of at least 4 members (excludes halogenated alkanes) is 7. The minimum Gasteiger partial charge on any atom is -0.297 e. The fourth-order valence-electron chi connectivity index (χ4n) is 5.77. The van der Waals surface area contributed by atoms with Crippen molar-refractivity contribution in [3.8, 4) is 0 Å². The molecule has 4 unspecified atom stereocenters. The van der Waals surface area contributed by atoms with Crippen molar-refractivity contribution in [3.05, 3.63) is 0 Å². The van der Waals surface area contributed by atoms with Gasteiger partial charge in [-0.2, -0.15) is 0 Å². The fourth-order valence-corrected chi connectivity index (χ4v) is 5.77. The number of likely N-dealkylation sites (tertiary alicyclic amines) is 1. The Hall–Kier alpha value is -0.0800. The summed E-state index contributed by atoms with van der Waals surface area (Å²) in [5, 5.41) is 0. The molecule has 0 spiro atoms. The van der Waals surface area contributed by atoms with Crippen LogP contribution in [0.5, 0.6) is 0 Å². The van der Waals surface area contributed by atoms with Gasteiger partial charge in [-0.05, 0) is 39.0 Å². The summed E-state index contributed by atoms with van der Waals surface area (Å²) < 4.78 is 0. The van der Waals surface area contributed by atoms with Gasteiger partial charge in [0.25, 0.3) is 0 Å². The molecule has 2 fully saturated rings. The summed E-state index contributed by atoms with van der Waals surface area (Å²) in [6, 6.07) is 3.38. The van der Waals surface area contributed by atoms with Gasteiger partial charge in [0.2, 0.25) is 0 Å². The average Bonchev–Trinajstić information content (AvgIpc) is 2.94. The highest BCUT2D eigenvalue weighted by Crippen LogP contribution is 2.35. The Morgan fingerprint density at radius 1 is 0.667 bits per heavy atom. The highest BCUT2D eigenvalue weighted by Gasteiger charge is 2.43. The third-order valence-corrected chi connectivity index (χ3v) is 7.35. The standard InChI is InChI=1S/C25H50N2/c1-5-8-11-14-17-23(16-13-10-7-3)26-20-24-18-19-25(21-26)27(24)22(4)15-12-9-6-2/h22-25H,5-21H2,1-4H3. The van der Waals surface area contributed by atoms with E-state index in [1.165, 1.54) is 109 Å². The molecule has 0 saturated carbocycles. The molecule has 2 heteroatoms. The van der Waals surface area contributed by atoms with Crippen LogP contribution >= 0.6 is 0 Å². The number of rotatable bonds is 15. The van der Waals surface area contributed by atoms with Crippen LogP contribution < -0.4 is 0 Å². The maximum Gasteiger partial charge on any atom is 0.0230 e. The van der Waals surface area contributed by atoms with Gasteiger partial charge in [-0.15, -0.1) is 0 Å². The van der Waals surface area contributed by atoms with Crippen molar-refractivity contribution in [3.63, 3.8) is 0 Å². The monoisotopic (exact) mass is 378 g/mol.